The van der Waals surface area contributed by atoms with Gasteiger partial charge in [-0.25, -0.2) is 0 Å². The molecule has 0 aromatic heterocycles. The normalized spacial score (nSPS) is 15.2. The molecule has 0 bridgehead atoms. The second kappa shape index (κ2) is 8.80. The average molecular weight is 395 g/mol. The number of allylic oxidation sites excluding steroid dienone is 1. The highest BCUT2D eigenvalue weighted by molar-refractivity contribution is 8.18. The quantitative estimate of drug-likeness (QED) is 0.504. The maximum absolute atomic E-state index is 12.8. The van der Waals surface area contributed by atoms with E-state index >= 15 is 0 Å². The van der Waals surface area contributed by atoms with Crippen LogP contribution in [-0.4, -0.2) is 30.3 Å². The van der Waals surface area contributed by atoms with Gasteiger partial charge in [0.15, 0.2) is 11.5 Å². The van der Waals surface area contributed by atoms with Crippen LogP contribution in [0.2, 0.25) is 0 Å². The number of methoxy groups -OCH3 is 2. The molecule has 5 nitrogen and oxygen atoms in total. The van der Waals surface area contributed by atoms with Crippen LogP contribution in [0.15, 0.2) is 60.0 Å². The number of hydrogen-bond acceptors (Lipinski definition) is 5. The molecular weight excluding hydrogens is 374 g/mol. The van der Waals surface area contributed by atoms with Crippen LogP contribution in [0.4, 0.5) is 4.79 Å². The van der Waals surface area contributed by atoms with Gasteiger partial charge < -0.3 is 9.47 Å². The van der Waals surface area contributed by atoms with Crippen molar-refractivity contribution < 1.29 is 19.1 Å². The lowest BCUT2D eigenvalue weighted by Gasteiger charge is -2.13. The summed E-state index contributed by atoms with van der Waals surface area (Å²) in [5, 5.41) is -0.271. The molecular formula is C22H21NO4S. The van der Waals surface area contributed by atoms with Crippen LogP contribution < -0.4 is 9.47 Å². The first-order chi connectivity index (χ1) is 13.6. The van der Waals surface area contributed by atoms with Gasteiger partial charge in [0.1, 0.15) is 0 Å². The van der Waals surface area contributed by atoms with Crippen molar-refractivity contribution in [2.45, 2.75) is 13.0 Å². The molecule has 144 valence electrons. The van der Waals surface area contributed by atoms with Crippen LogP contribution in [0.25, 0.3) is 6.08 Å². The lowest BCUT2D eigenvalue weighted by atomic mass is 10.0. The number of benzene rings is 2. The molecule has 0 spiro atoms. The molecule has 0 aliphatic carbocycles. The van der Waals surface area contributed by atoms with Crippen molar-refractivity contribution >= 4 is 29.0 Å². The van der Waals surface area contributed by atoms with E-state index in [9.17, 15) is 9.59 Å². The fourth-order valence-electron chi connectivity index (χ4n) is 3.01. The number of ether oxygens (including phenoxy) is 2. The summed E-state index contributed by atoms with van der Waals surface area (Å²) >= 11 is 0.945. The number of rotatable bonds is 7. The molecule has 0 saturated carbocycles. The number of carbonyl (C=O) groups excluding carboxylic acids is 2. The smallest absolute Gasteiger partial charge is 0.293 e. The Labute approximate surface area is 168 Å². The van der Waals surface area contributed by atoms with Gasteiger partial charge >= 0.3 is 0 Å². The molecule has 1 aliphatic rings. The third-order valence-corrected chi connectivity index (χ3v) is 5.20. The third kappa shape index (κ3) is 4.12. The maximum atomic E-state index is 12.8. The van der Waals surface area contributed by atoms with Crippen molar-refractivity contribution in [2.24, 2.45) is 0 Å². The zero-order chi connectivity index (χ0) is 20.1. The third-order valence-electron chi connectivity index (χ3n) is 4.30. The molecule has 1 fully saturated rings. The SMILES string of the molecule is C=CCc1cc(/C=C2\SC(=O)N(Cc3ccccc3)C2=O)cc(OC)c1OC. The molecule has 2 aromatic rings. The van der Waals surface area contributed by atoms with Gasteiger partial charge in [0.2, 0.25) is 0 Å². The summed E-state index contributed by atoms with van der Waals surface area (Å²) in [5.74, 6) is 0.909. The zero-order valence-corrected chi connectivity index (χ0v) is 16.6. The number of imide groups is 1. The molecule has 2 amide bonds. The van der Waals surface area contributed by atoms with Crippen LogP contribution in [0, 0.1) is 0 Å². The number of thioether (sulfide) groups is 1. The Morgan fingerprint density at radius 3 is 2.50 bits per heavy atom. The number of amides is 2. The highest BCUT2D eigenvalue weighted by atomic mass is 32.2. The lowest BCUT2D eigenvalue weighted by Crippen LogP contribution is -2.27. The van der Waals surface area contributed by atoms with Gasteiger partial charge in [-0.15, -0.1) is 6.58 Å². The maximum Gasteiger partial charge on any atom is 0.293 e. The van der Waals surface area contributed by atoms with Gasteiger partial charge in [0.05, 0.1) is 25.7 Å². The summed E-state index contributed by atoms with van der Waals surface area (Å²) in [6, 6.07) is 13.1. The van der Waals surface area contributed by atoms with Crippen molar-refractivity contribution in [1.82, 2.24) is 4.90 Å². The van der Waals surface area contributed by atoms with E-state index < -0.39 is 0 Å². The predicted octanol–water partition coefficient (Wildman–Crippen LogP) is 4.67. The summed E-state index contributed by atoms with van der Waals surface area (Å²) in [4.78, 5) is 26.8. The van der Waals surface area contributed by atoms with Crippen molar-refractivity contribution in [2.75, 3.05) is 14.2 Å². The summed E-state index contributed by atoms with van der Waals surface area (Å²) in [7, 11) is 3.14. The average Bonchev–Trinajstić information content (AvgIpc) is 2.96. The highest BCUT2D eigenvalue weighted by Gasteiger charge is 2.35. The fraction of sp³-hybridized carbons (Fsp3) is 0.182. The van der Waals surface area contributed by atoms with Crippen LogP contribution in [0.1, 0.15) is 16.7 Å². The standard InChI is InChI=1S/C22H21NO4S/c1-4-8-17-11-16(12-18(26-2)20(17)27-3)13-19-21(24)23(22(25)28-19)14-15-9-6-5-7-10-15/h4-7,9-13H,1,8,14H2,2-3H3/b19-13-. The lowest BCUT2D eigenvalue weighted by molar-refractivity contribution is -0.123. The van der Waals surface area contributed by atoms with E-state index in [1.807, 2.05) is 36.4 Å². The van der Waals surface area contributed by atoms with Gasteiger partial charge in [-0.1, -0.05) is 36.4 Å². The van der Waals surface area contributed by atoms with Crippen LogP contribution >= 0.6 is 11.8 Å². The number of hydrogen-bond donors (Lipinski definition) is 0. The fourth-order valence-corrected chi connectivity index (χ4v) is 3.85. The summed E-state index contributed by atoms with van der Waals surface area (Å²) in [6.45, 7) is 4.03. The molecule has 6 heteroatoms. The molecule has 1 aliphatic heterocycles. The van der Waals surface area contributed by atoms with Crippen LogP contribution in [0.5, 0.6) is 11.5 Å². The minimum atomic E-state index is -0.293. The first kappa shape index (κ1) is 19.8. The van der Waals surface area contributed by atoms with E-state index in [1.165, 1.54) is 4.90 Å². The molecule has 28 heavy (non-hydrogen) atoms. The van der Waals surface area contributed by atoms with Crippen LogP contribution in [-0.2, 0) is 17.8 Å². The van der Waals surface area contributed by atoms with Gasteiger partial charge in [-0.05, 0) is 47.5 Å². The highest BCUT2D eigenvalue weighted by Crippen LogP contribution is 2.37. The zero-order valence-electron chi connectivity index (χ0n) is 15.8. The Kier molecular flexibility index (Phi) is 6.21. The Balaban J connectivity index is 1.91. The van der Waals surface area contributed by atoms with Gasteiger partial charge in [0.25, 0.3) is 11.1 Å². The number of nitrogens with zero attached hydrogens (tertiary/aromatic N) is 1. The summed E-state index contributed by atoms with van der Waals surface area (Å²) in [6.07, 6.45) is 4.08. The second-order valence-corrected chi connectivity index (χ2v) is 7.15. The second-order valence-electron chi connectivity index (χ2n) is 6.16. The predicted molar refractivity (Wildman–Crippen MR) is 111 cm³/mol. The van der Waals surface area contributed by atoms with Crippen molar-refractivity contribution in [3.63, 3.8) is 0 Å². The van der Waals surface area contributed by atoms with E-state index in [0.717, 1.165) is 28.5 Å². The minimum Gasteiger partial charge on any atom is -0.493 e. The van der Waals surface area contributed by atoms with Gasteiger partial charge in [-0.2, -0.15) is 0 Å². The first-order valence-corrected chi connectivity index (χ1v) is 9.54. The molecule has 1 heterocycles. The monoisotopic (exact) mass is 395 g/mol. The molecule has 0 N–H and O–H groups in total. The van der Waals surface area contributed by atoms with Crippen LogP contribution in [0.3, 0.4) is 0 Å². The molecule has 2 aromatic carbocycles. The Hall–Kier alpha value is -2.99. The Morgan fingerprint density at radius 2 is 1.86 bits per heavy atom. The molecule has 0 unspecified atom stereocenters. The van der Waals surface area contributed by atoms with E-state index in [-0.39, 0.29) is 17.7 Å². The Bertz CT molecular complexity index is 937. The van der Waals surface area contributed by atoms with E-state index in [2.05, 4.69) is 6.58 Å². The molecule has 3 rings (SSSR count). The topological polar surface area (TPSA) is 55.8 Å². The van der Waals surface area contributed by atoms with Gasteiger partial charge in [-0.3, -0.25) is 14.5 Å². The van der Waals surface area contributed by atoms with Crippen molar-refractivity contribution in [3.05, 3.63) is 76.7 Å². The van der Waals surface area contributed by atoms with Crippen molar-refractivity contribution in [3.8, 4) is 11.5 Å². The van der Waals surface area contributed by atoms with Crippen molar-refractivity contribution in [1.29, 1.82) is 0 Å². The van der Waals surface area contributed by atoms with Gasteiger partial charge in [0, 0.05) is 5.56 Å². The van der Waals surface area contributed by atoms with E-state index in [1.54, 1.807) is 32.4 Å². The number of carbonyl (C=O) groups is 2. The first-order valence-electron chi connectivity index (χ1n) is 8.72. The minimum absolute atomic E-state index is 0.260. The molecule has 0 atom stereocenters. The summed E-state index contributed by atoms with van der Waals surface area (Å²) in [5.41, 5.74) is 2.57. The Morgan fingerprint density at radius 1 is 1.11 bits per heavy atom. The van der Waals surface area contributed by atoms with E-state index in [0.29, 0.717) is 22.8 Å². The molecule has 0 radical (unpaired) electrons. The van der Waals surface area contributed by atoms with E-state index in [4.69, 9.17) is 9.47 Å². The summed E-state index contributed by atoms with van der Waals surface area (Å²) < 4.78 is 10.9. The molecule has 1 saturated heterocycles. The largest absolute Gasteiger partial charge is 0.493 e.